The number of carboxylic acid groups (broad SMARTS) is 1. The molecule has 138 valence electrons. The Labute approximate surface area is 155 Å². The van der Waals surface area contributed by atoms with Gasteiger partial charge in [0.25, 0.3) is 5.91 Å². The number of carboxylic acids is 1. The van der Waals surface area contributed by atoms with Crippen LogP contribution in [0.15, 0.2) is 30.5 Å². The molecule has 1 aliphatic rings. The summed E-state index contributed by atoms with van der Waals surface area (Å²) in [5.41, 5.74) is 1.45. The van der Waals surface area contributed by atoms with Crippen LogP contribution < -0.4 is 5.32 Å². The highest BCUT2D eigenvalue weighted by molar-refractivity contribution is 6.32. The molecule has 0 radical (unpaired) electrons. The molecule has 0 spiro atoms. The van der Waals surface area contributed by atoms with Crippen LogP contribution in [-0.4, -0.2) is 46.0 Å². The Hall–Kier alpha value is -2.38. The van der Waals surface area contributed by atoms with Crippen LogP contribution in [-0.2, 0) is 9.53 Å². The Morgan fingerprint density at radius 2 is 2.19 bits per heavy atom. The molecule has 2 aromatic rings. The van der Waals surface area contributed by atoms with Gasteiger partial charge in [-0.05, 0) is 31.9 Å². The molecule has 1 amide bonds. The molecular formula is C18H20ClN3O4. The summed E-state index contributed by atoms with van der Waals surface area (Å²) in [6.45, 7) is 2.69. The number of ether oxygens (including phenoxy) is 1. The molecule has 2 atom stereocenters. The Balaban J connectivity index is 1.81. The van der Waals surface area contributed by atoms with E-state index < -0.39 is 17.9 Å². The first-order chi connectivity index (χ1) is 12.5. The summed E-state index contributed by atoms with van der Waals surface area (Å²) in [7, 11) is 0. The monoisotopic (exact) mass is 377 g/mol. The first kappa shape index (κ1) is 18.4. The van der Waals surface area contributed by atoms with Crippen molar-refractivity contribution in [2.45, 2.75) is 25.8 Å². The van der Waals surface area contributed by atoms with Crippen LogP contribution in [0.2, 0.25) is 5.02 Å². The molecular weight excluding hydrogens is 358 g/mol. The molecule has 0 bridgehead atoms. The highest BCUT2D eigenvalue weighted by atomic mass is 35.5. The summed E-state index contributed by atoms with van der Waals surface area (Å²) in [4.78, 5) is 24.2. The molecule has 8 heteroatoms. The van der Waals surface area contributed by atoms with E-state index in [1.807, 2.05) is 6.07 Å². The molecule has 1 aromatic carbocycles. The van der Waals surface area contributed by atoms with E-state index >= 15 is 0 Å². The molecule has 2 unspecified atom stereocenters. The van der Waals surface area contributed by atoms with Crippen LogP contribution >= 0.6 is 11.6 Å². The van der Waals surface area contributed by atoms with Gasteiger partial charge in [-0.1, -0.05) is 23.7 Å². The third-order valence-electron chi connectivity index (χ3n) is 4.43. The van der Waals surface area contributed by atoms with E-state index in [0.29, 0.717) is 35.9 Å². The van der Waals surface area contributed by atoms with Crippen molar-refractivity contribution in [1.82, 2.24) is 15.1 Å². The minimum Gasteiger partial charge on any atom is -0.480 e. The largest absolute Gasteiger partial charge is 0.480 e. The van der Waals surface area contributed by atoms with Gasteiger partial charge in [0, 0.05) is 24.3 Å². The fourth-order valence-electron chi connectivity index (χ4n) is 3.06. The SMILES string of the molecule is Cc1cn(-c2ccccc2Cl)nc1C(=O)NC(C(=O)O)C1CCCOC1. The van der Waals surface area contributed by atoms with E-state index in [1.165, 1.54) is 4.68 Å². The normalized spacial score (nSPS) is 18.3. The van der Waals surface area contributed by atoms with Crippen LogP contribution in [0.1, 0.15) is 28.9 Å². The topological polar surface area (TPSA) is 93.5 Å². The number of hydrogen-bond acceptors (Lipinski definition) is 4. The summed E-state index contributed by atoms with van der Waals surface area (Å²) in [6.07, 6.45) is 3.17. The van der Waals surface area contributed by atoms with Gasteiger partial charge in [0.2, 0.25) is 0 Å². The van der Waals surface area contributed by atoms with Gasteiger partial charge in [-0.3, -0.25) is 4.79 Å². The van der Waals surface area contributed by atoms with Gasteiger partial charge >= 0.3 is 5.97 Å². The number of halogens is 1. The van der Waals surface area contributed by atoms with E-state index in [4.69, 9.17) is 16.3 Å². The predicted molar refractivity (Wildman–Crippen MR) is 95.7 cm³/mol. The maximum atomic E-state index is 12.6. The molecule has 2 N–H and O–H groups in total. The van der Waals surface area contributed by atoms with Gasteiger partial charge < -0.3 is 15.2 Å². The van der Waals surface area contributed by atoms with Crippen molar-refractivity contribution in [1.29, 1.82) is 0 Å². The van der Waals surface area contributed by atoms with Crippen molar-refractivity contribution >= 4 is 23.5 Å². The van der Waals surface area contributed by atoms with E-state index in [2.05, 4.69) is 10.4 Å². The standard InChI is InChI=1S/C18H20ClN3O4/c1-11-9-22(14-7-3-2-6-13(14)19)21-15(11)17(23)20-16(18(24)25)12-5-4-8-26-10-12/h2-3,6-7,9,12,16H,4-5,8,10H2,1H3,(H,20,23)(H,24,25). The number of benzene rings is 1. The molecule has 26 heavy (non-hydrogen) atoms. The number of nitrogens with one attached hydrogen (secondary N) is 1. The summed E-state index contributed by atoms with van der Waals surface area (Å²) in [5, 5.41) is 16.9. The van der Waals surface area contributed by atoms with Crippen molar-refractivity contribution in [2.24, 2.45) is 5.92 Å². The Bertz CT molecular complexity index is 815. The van der Waals surface area contributed by atoms with Crippen molar-refractivity contribution in [3.05, 3.63) is 46.7 Å². The molecule has 0 saturated carbocycles. The number of aryl methyl sites for hydroxylation is 1. The second-order valence-electron chi connectivity index (χ2n) is 6.32. The van der Waals surface area contributed by atoms with Crippen molar-refractivity contribution < 1.29 is 19.4 Å². The fraction of sp³-hybridized carbons (Fsp3) is 0.389. The minimum atomic E-state index is -1.07. The zero-order valence-electron chi connectivity index (χ0n) is 14.3. The Morgan fingerprint density at radius 3 is 2.85 bits per heavy atom. The molecule has 1 aromatic heterocycles. The Morgan fingerprint density at radius 1 is 1.42 bits per heavy atom. The molecule has 3 rings (SSSR count). The Kier molecular flexibility index (Phi) is 5.58. The third kappa shape index (κ3) is 3.89. The molecule has 1 saturated heterocycles. The van der Waals surface area contributed by atoms with Crippen molar-refractivity contribution in [3.8, 4) is 5.69 Å². The lowest BCUT2D eigenvalue weighted by Gasteiger charge is -2.27. The highest BCUT2D eigenvalue weighted by Gasteiger charge is 2.32. The molecule has 1 fully saturated rings. The van der Waals surface area contributed by atoms with E-state index in [1.54, 1.807) is 31.3 Å². The van der Waals surface area contributed by atoms with Crippen molar-refractivity contribution in [3.63, 3.8) is 0 Å². The zero-order chi connectivity index (χ0) is 18.7. The summed E-state index contributed by atoms with van der Waals surface area (Å²) in [6, 6.07) is 6.14. The summed E-state index contributed by atoms with van der Waals surface area (Å²) < 4.78 is 6.87. The number of amides is 1. The lowest BCUT2D eigenvalue weighted by Crippen LogP contribution is -2.48. The first-order valence-electron chi connectivity index (χ1n) is 8.40. The maximum absolute atomic E-state index is 12.6. The number of hydrogen-bond donors (Lipinski definition) is 2. The van der Waals surface area contributed by atoms with E-state index in [9.17, 15) is 14.7 Å². The number of carbonyl (C=O) groups is 2. The summed E-state index contributed by atoms with van der Waals surface area (Å²) in [5.74, 6) is -1.85. The lowest BCUT2D eigenvalue weighted by molar-refractivity contribution is -0.142. The van der Waals surface area contributed by atoms with E-state index in [0.717, 1.165) is 6.42 Å². The van der Waals surface area contributed by atoms with Crippen molar-refractivity contribution in [2.75, 3.05) is 13.2 Å². The third-order valence-corrected chi connectivity index (χ3v) is 4.75. The van der Waals surface area contributed by atoms with Crippen LogP contribution in [0, 0.1) is 12.8 Å². The van der Waals surface area contributed by atoms with E-state index in [-0.39, 0.29) is 11.6 Å². The lowest BCUT2D eigenvalue weighted by atomic mass is 9.93. The number of carbonyl (C=O) groups excluding carboxylic acids is 1. The van der Waals surface area contributed by atoms with Gasteiger partial charge in [-0.2, -0.15) is 5.10 Å². The molecule has 2 heterocycles. The number of aliphatic carboxylic acids is 1. The van der Waals surface area contributed by atoms with Gasteiger partial charge in [0.15, 0.2) is 5.69 Å². The number of rotatable bonds is 5. The number of aromatic nitrogens is 2. The molecule has 7 nitrogen and oxygen atoms in total. The highest BCUT2D eigenvalue weighted by Crippen LogP contribution is 2.21. The van der Waals surface area contributed by atoms with Crippen LogP contribution in [0.4, 0.5) is 0 Å². The average molecular weight is 378 g/mol. The van der Waals surface area contributed by atoms with Gasteiger partial charge in [-0.25, -0.2) is 9.48 Å². The number of nitrogens with zero attached hydrogens (tertiary/aromatic N) is 2. The predicted octanol–water partition coefficient (Wildman–Crippen LogP) is 2.44. The fourth-order valence-corrected chi connectivity index (χ4v) is 3.29. The quantitative estimate of drug-likeness (QED) is 0.834. The van der Waals surface area contributed by atoms with Crippen LogP contribution in [0.25, 0.3) is 5.69 Å². The van der Waals surface area contributed by atoms with Crippen LogP contribution in [0.3, 0.4) is 0 Å². The van der Waals surface area contributed by atoms with Gasteiger partial charge in [0.05, 0.1) is 17.3 Å². The zero-order valence-corrected chi connectivity index (χ0v) is 15.1. The minimum absolute atomic E-state index is 0.174. The number of para-hydroxylation sites is 1. The van der Waals surface area contributed by atoms with Crippen LogP contribution in [0.5, 0.6) is 0 Å². The smallest absolute Gasteiger partial charge is 0.326 e. The first-order valence-corrected chi connectivity index (χ1v) is 8.77. The van der Waals surface area contributed by atoms with Gasteiger partial charge in [-0.15, -0.1) is 0 Å². The molecule has 1 aliphatic heterocycles. The van der Waals surface area contributed by atoms with Gasteiger partial charge in [0.1, 0.15) is 6.04 Å². The summed E-state index contributed by atoms with van der Waals surface area (Å²) >= 11 is 6.17. The maximum Gasteiger partial charge on any atom is 0.326 e. The average Bonchev–Trinajstić information content (AvgIpc) is 3.02. The second kappa shape index (κ2) is 7.88. The second-order valence-corrected chi connectivity index (χ2v) is 6.73. The molecule has 0 aliphatic carbocycles.